The lowest BCUT2D eigenvalue weighted by atomic mass is 10.1. The minimum Gasteiger partial charge on any atom is -0.325 e. The Morgan fingerprint density at radius 3 is 2.41 bits per heavy atom. The van der Waals surface area contributed by atoms with Crippen LogP contribution in [0.25, 0.3) is 17.1 Å². The molecule has 8 heteroatoms. The molecule has 0 aliphatic heterocycles. The van der Waals surface area contributed by atoms with Gasteiger partial charge >= 0.3 is 0 Å². The number of amides is 1. The summed E-state index contributed by atoms with van der Waals surface area (Å²) in [6, 6.07) is 22.9. The maximum Gasteiger partial charge on any atom is 0.234 e. The average Bonchev–Trinajstić information content (AvgIpc) is 3.27. The number of anilines is 1. The molecule has 0 aliphatic rings. The van der Waals surface area contributed by atoms with Gasteiger partial charge in [0.15, 0.2) is 11.0 Å². The van der Waals surface area contributed by atoms with E-state index in [9.17, 15) is 4.79 Å². The van der Waals surface area contributed by atoms with Gasteiger partial charge in [-0.25, -0.2) is 0 Å². The van der Waals surface area contributed by atoms with Crippen molar-refractivity contribution in [2.45, 2.75) is 31.3 Å². The van der Waals surface area contributed by atoms with Crippen LogP contribution in [-0.2, 0) is 11.2 Å². The van der Waals surface area contributed by atoms with E-state index in [-0.39, 0.29) is 11.7 Å². The molecule has 34 heavy (non-hydrogen) atoms. The summed E-state index contributed by atoms with van der Waals surface area (Å²) >= 11 is 13.8. The monoisotopic (exact) mass is 510 g/mol. The van der Waals surface area contributed by atoms with E-state index in [1.54, 1.807) is 12.1 Å². The summed E-state index contributed by atoms with van der Waals surface area (Å²) in [5.74, 6) is 0.668. The molecule has 4 rings (SSSR count). The van der Waals surface area contributed by atoms with Crippen LogP contribution in [0.2, 0.25) is 10.0 Å². The minimum atomic E-state index is -0.115. The second kappa shape index (κ2) is 11.6. The van der Waals surface area contributed by atoms with Crippen LogP contribution in [0.1, 0.15) is 25.3 Å². The average molecular weight is 511 g/mol. The number of thioether (sulfide) groups is 1. The van der Waals surface area contributed by atoms with Gasteiger partial charge in [0.1, 0.15) is 0 Å². The second-order valence-electron chi connectivity index (χ2n) is 7.74. The zero-order valence-corrected chi connectivity index (χ0v) is 21.0. The first-order valence-corrected chi connectivity index (χ1v) is 12.8. The zero-order chi connectivity index (χ0) is 23.9. The second-order valence-corrected chi connectivity index (χ2v) is 9.52. The zero-order valence-electron chi connectivity index (χ0n) is 18.7. The molecule has 0 radical (unpaired) electrons. The van der Waals surface area contributed by atoms with Crippen molar-refractivity contribution in [3.8, 4) is 17.1 Å². The summed E-state index contributed by atoms with van der Waals surface area (Å²) in [6.07, 6.45) is 3.37. The first kappa shape index (κ1) is 24.3. The SMILES string of the molecule is CCCCc1ccc(NC(=O)CSc2nnc(-c3ccccc3Cl)n2-c2ccc(Cl)cc2)cc1. The number of rotatable bonds is 9. The molecule has 174 valence electrons. The van der Waals surface area contributed by atoms with Gasteiger partial charge in [0.05, 0.1) is 10.8 Å². The van der Waals surface area contributed by atoms with Crippen molar-refractivity contribution in [2.24, 2.45) is 0 Å². The van der Waals surface area contributed by atoms with Crippen molar-refractivity contribution >= 4 is 46.6 Å². The number of carbonyl (C=O) groups excluding carboxylic acids is 1. The highest BCUT2D eigenvalue weighted by Crippen LogP contribution is 2.32. The topological polar surface area (TPSA) is 59.8 Å². The third-order valence-corrected chi connectivity index (χ3v) is 6.73. The Balaban J connectivity index is 1.52. The molecule has 3 aromatic carbocycles. The van der Waals surface area contributed by atoms with Crippen LogP contribution in [0.4, 0.5) is 5.69 Å². The van der Waals surface area contributed by atoms with Gasteiger partial charge in [0, 0.05) is 22.0 Å². The van der Waals surface area contributed by atoms with Gasteiger partial charge in [-0.2, -0.15) is 0 Å². The van der Waals surface area contributed by atoms with Gasteiger partial charge < -0.3 is 5.32 Å². The lowest BCUT2D eigenvalue weighted by molar-refractivity contribution is -0.113. The van der Waals surface area contributed by atoms with E-state index < -0.39 is 0 Å². The number of benzene rings is 3. The molecule has 5 nitrogen and oxygen atoms in total. The number of unbranched alkanes of at least 4 members (excludes halogenated alkanes) is 1. The number of halogens is 2. The van der Waals surface area contributed by atoms with Gasteiger partial charge in [-0.3, -0.25) is 9.36 Å². The molecule has 0 fully saturated rings. The van der Waals surface area contributed by atoms with E-state index >= 15 is 0 Å². The Morgan fingerprint density at radius 1 is 0.971 bits per heavy atom. The Hall–Kier alpha value is -2.80. The molecular formula is C26H24Cl2N4OS. The molecule has 1 amide bonds. The number of hydrogen-bond donors (Lipinski definition) is 1. The Morgan fingerprint density at radius 2 is 1.71 bits per heavy atom. The van der Waals surface area contributed by atoms with Gasteiger partial charge in [-0.1, -0.05) is 72.6 Å². The maximum absolute atomic E-state index is 12.6. The number of nitrogens with one attached hydrogen (secondary N) is 1. The highest BCUT2D eigenvalue weighted by atomic mass is 35.5. The van der Waals surface area contributed by atoms with Gasteiger partial charge in [-0.05, 0) is 66.9 Å². The van der Waals surface area contributed by atoms with Gasteiger partial charge in [0.25, 0.3) is 0 Å². The summed E-state index contributed by atoms with van der Waals surface area (Å²) in [5.41, 5.74) is 3.64. The molecule has 0 unspecified atom stereocenters. The van der Waals surface area contributed by atoms with Gasteiger partial charge in [0.2, 0.25) is 5.91 Å². The molecule has 0 atom stereocenters. The summed E-state index contributed by atoms with van der Waals surface area (Å²) in [5, 5.41) is 13.5. The lowest BCUT2D eigenvalue weighted by Gasteiger charge is -2.11. The summed E-state index contributed by atoms with van der Waals surface area (Å²) in [4.78, 5) is 12.6. The fraction of sp³-hybridized carbons (Fsp3) is 0.192. The van der Waals surface area contributed by atoms with Crippen LogP contribution in [0.15, 0.2) is 78.0 Å². The van der Waals surface area contributed by atoms with Crippen molar-refractivity contribution in [3.05, 3.63) is 88.4 Å². The smallest absolute Gasteiger partial charge is 0.234 e. The normalized spacial score (nSPS) is 10.9. The lowest BCUT2D eigenvalue weighted by Crippen LogP contribution is -2.14. The summed E-state index contributed by atoms with van der Waals surface area (Å²) in [6.45, 7) is 2.18. The number of aryl methyl sites for hydroxylation is 1. The van der Waals surface area contributed by atoms with Crippen LogP contribution >= 0.6 is 35.0 Å². The highest BCUT2D eigenvalue weighted by molar-refractivity contribution is 7.99. The maximum atomic E-state index is 12.6. The van der Waals surface area contributed by atoms with E-state index in [1.165, 1.54) is 17.3 Å². The van der Waals surface area contributed by atoms with Crippen molar-refractivity contribution < 1.29 is 4.79 Å². The molecule has 1 heterocycles. The summed E-state index contributed by atoms with van der Waals surface area (Å²) < 4.78 is 1.89. The van der Waals surface area contributed by atoms with Crippen LogP contribution in [0, 0.1) is 0 Å². The van der Waals surface area contributed by atoms with Crippen molar-refractivity contribution in [3.63, 3.8) is 0 Å². The Kier molecular flexibility index (Phi) is 8.27. The predicted octanol–water partition coefficient (Wildman–Crippen LogP) is 7.31. The van der Waals surface area contributed by atoms with E-state index in [2.05, 4.69) is 34.6 Å². The van der Waals surface area contributed by atoms with Crippen LogP contribution < -0.4 is 5.32 Å². The van der Waals surface area contributed by atoms with E-state index in [0.29, 0.717) is 21.0 Å². The molecule has 0 spiro atoms. The molecule has 1 aromatic heterocycles. The minimum absolute atomic E-state index is 0.115. The molecule has 1 N–H and O–H groups in total. The van der Waals surface area contributed by atoms with Crippen molar-refractivity contribution in [1.29, 1.82) is 0 Å². The van der Waals surface area contributed by atoms with E-state index in [0.717, 1.165) is 36.2 Å². The molecule has 0 bridgehead atoms. The van der Waals surface area contributed by atoms with Crippen LogP contribution in [-0.4, -0.2) is 26.4 Å². The molecule has 4 aromatic rings. The highest BCUT2D eigenvalue weighted by Gasteiger charge is 2.19. The fourth-order valence-electron chi connectivity index (χ4n) is 3.47. The fourth-order valence-corrected chi connectivity index (χ4v) is 4.56. The third-order valence-electron chi connectivity index (χ3n) is 5.22. The molecule has 0 saturated carbocycles. The number of nitrogens with zero attached hydrogens (tertiary/aromatic N) is 3. The quantitative estimate of drug-likeness (QED) is 0.239. The van der Waals surface area contributed by atoms with Crippen molar-refractivity contribution in [1.82, 2.24) is 14.8 Å². The third kappa shape index (κ3) is 6.00. The number of hydrogen-bond acceptors (Lipinski definition) is 4. The predicted molar refractivity (Wildman–Crippen MR) is 141 cm³/mol. The molecule has 0 aliphatic carbocycles. The first-order valence-electron chi connectivity index (χ1n) is 11.0. The standard InChI is InChI=1S/C26H24Cl2N4OS/c1-2-3-6-18-9-13-20(14-10-18)29-24(33)17-34-26-31-30-25(22-7-4-5-8-23(22)28)32(26)21-15-11-19(27)12-16-21/h4-5,7-16H,2-3,6,17H2,1H3,(H,29,33). The number of aromatic nitrogens is 3. The van der Waals surface area contributed by atoms with E-state index in [1.807, 2.05) is 53.1 Å². The number of carbonyl (C=O) groups is 1. The van der Waals surface area contributed by atoms with Crippen LogP contribution in [0.5, 0.6) is 0 Å². The summed E-state index contributed by atoms with van der Waals surface area (Å²) in [7, 11) is 0. The first-order chi connectivity index (χ1) is 16.5. The van der Waals surface area contributed by atoms with Crippen molar-refractivity contribution in [2.75, 3.05) is 11.1 Å². The van der Waals surface area contributed by atoms with Crippen LogP contribution in [0.3, 0.4) is 0 Å². The Labute approximate surface area is 213 Å². The molecule has 0 saturated heterocycles. The van der Waals surface area contributed by atoms with E-state index in [4.69, 9.17) is 23.2 Å². The van der Waals surface area contributed by atoms with Gasteiger partial charge in [-0.15, -0.1) is 10.2 Å². The largest absolute Gasteiger partial charge is 0.325 e. The Bertz CT molecular complexity index is 1260. The molecular weight excluding hydrogens is 487 g/mol.